The first-order valence-corrected chi connectivity index (χ1v) is 7.80. The van der Waals surface area contributed by atoms with Crippen molar-refractivity contribution in [2.75, 3.05) is 34.5 Å². The number of aromatic nitrogens is 1. The summed E-state index contributed by atoms with van der Waals surface area (Å²) in [7, 11) is 4.74. The van der Waals surface area contributed by atoms with Crippen LogP contribution in [0.5, 0.6) is 0 Å². The monoisotopic (exact) mass is 327 g/mol. The quantitative estimate of drug-likeness (QED) is 0.651. The molecule has 5 nitrogen and oxygen atoms in total. The van der Waals surface area contributed by atoms with Gasteiger partial charge in [-0.2, -0.15) is 0 Å². The van der Waals surface area contributed by atoms with E-state index in [1.54, 1.807) is 20.3 Å². The maximum absolute atomic E-state index is 11.9. The zero-order valence-electron chi connectivity index (χ0n) is 14.1. The van der Waals surface area contributed by atoms with Crippen molar-refractivity contribution in [3.63, 3.8) is 0 Å². The van der Waals surface area contributed by atoms with Crippen LogP contribution in [0.4, 0.5) is 0 Å². The second-order valence-electron chi connectivity index (χ2n) is 5.68. The van der Waals surface area contributed by atoms with E-state index in [9.17, 15) is 4.79 Å². The number of ether oxygens (including phenoxy) is 3. The minimum atomic E-state index is -0.344. The van der Waals surface area contributed by atoms with Crippen LogP contribution in [0.1, 0.15) is 16.4 Å². The highest BCUT2D eigenvalue weighted by Crippen LogP contribution is 2.32. The number of benzene rings is 2. The predicted octanol–water partition coefficient (Wildman–Crippen LogP) is 3.42. The molecular formula is C19H21NO4. The number of carbonyl (C=O) groups is 1. The van der Waals surface area contributed by atoms with Crippen molar-refractivity contribution in [2.45, 2.75) is 6.04 Å². The molecule has 0 amide bonds. The lowest BCUT2D eigenvalue weighted by Crippen LogP contribution is -2.19. The zero-order valence-corrected chi connectivity index (χ0v) is 14.1. The number of carbonyl (C=O) groups excluding carboxylic acids is 1. The van der Waals surface area contributed by atoms with Crippen molar-refractivity contribution in [2.24, 2.45) is 0 Å². The molecule has 0 aliphatic rings. The lowest BCUT2D eigenvalue weighted by molar-refractivity contribution is 0.0601. The Morgan fingerprint density at radius 2 is 1.62 bits per heavy atom. The molecule has 0 atom stereocenters. The van der Waals surface area contributed by atoms with Crippen molar-refractivity contribution in [1.82, 2.24) is 4.57 Å². The summed E-state index contributed by atoms with van der Waals surface area (Å²) < 4.78 is 17.8. The molecule has 0 N–H and O–H groups in total. The molecule has 3 rings (SSSR count). The average Bonchev–Trinajstić information content (AvgIpc) is 2.94. The molecule has 0 unspecified atom stereocenters. The molecular weight excluding hydrogens is 306 g/mol. The summed E-state index contributed by atoms with van der Waals surface area (Å²) in [4.78, 5) is 11.9. The molecule has 0 aliphatic heterocycles. The summed E-state index contributed by atoms with van der Waals surface area (Å²) in [5.41, 5.74) is 2.59. The fraction of sp³-hybridized carbons (Fsp3) is 0.316. The number of rotatable bonds is 6. The van der Waals surface area contributed by atoms with Crippen molar-refractivity contribution >= 4 is 27.8 Å². The second-order valence-corrected chi connectivity index (χ2v) is 5.68. The summed E-state index contributed by atoms with van der Waals surface area (Å²) in [6, 6.07) is 13.8. The van der Waals surface area contributed by atoms with E-state index in [1.807, 2.05) is 24.3 Å². The van der Waals surface area contributed by atoms with E-state index in [0.717, 1.165) is 21.8 Å². The summed E-state index contributed by atoms with van der Waals surface area (Å²) in [6.45, 7) is 1.04. The summed E-state index contributed by atoms with van der Waals surface area (Å²) >= 11 is 0. The number of fused-ring (bicyclic) bond motifs is 3. The molecule has 0 saturated heterocycles. The van der Waals surface area contributed by atoms with Crippen molar-refractivity contribution in [3.05, 3.63) is 48.0 Å². The van der Waals surface area contributed by atoms with E-state index in [0.29, 0.717) is 18.8 Å². The molecule has 0 radical (unpaired) electrons. The molecule has 5 heteroatoms. The Labute approximate surface area is 140 Å². The first-order valence-electron chi connectivity index (χ1n) is 7.80. The fourth-order valence-electron chi connectivity index (χ4n) is 3.22. The van der Waals surface area contributed by atoms with E-state index in [2.05, 4.69) is 16.7 Å². The van der Waals surface area contributed by atoms with E-state index < -0.39 is 0 Å². The summed E-state index contributed by atoms with van der Waals surface area (Å²) in [6.07, 6.45) is 0. The Morgan fingerprint density at radius 1 is 0.958 bits per heavy atom. The largest absolute Gasteiger partial charge is 0.465 e. The van der Waals surface area contributed by atoms with E-state index in [4.69, 9.17) is 14.2 Å². The first kappa shape index (κ1) is 16.5. The van der Waals surface area contributed by atoms with Crippen LogP contribution in [0.3, 0.4) is 0 Å². The first-order chi connectivity index (χ1) is 11.7. The summed E-state index contributed by atoms with van der Waals surface area (Å²) in [5.74, 6) is -0.344. The molecule has 24 heavy (non-hydrogen) atoms. The number of hydrogen-bond acceptors (Lipinski definition) is 4. The predicted molar refractivity (Wildman–Crippen MR) is 93.6 cm³/mol. The van der Waals surface area contributed by atoms with Crippen molar-refractivity contribution in [3.8, 4) is 0 Å². The molecule has 0 spiro atoms. The van der Waals surface area contributed by atoms with Crippen molar-refractivity contribution < 1.29 is 19.0 Å². The summed E-state index contributed by atoms with van der Waals surface area (Å²) in [5, 5.41) is 2.23. The average molecular weight is 327 g/mol. The van der Waals surface area contributed by atoms with Crippen LogP contribution >= 0.6 is 0 Å². The lowest BCUT2D eigenvalue weighted by Gasteiger charge is -2.20. The molecule has 0 aliphatic carbocycles. The highest BCUT2D eigenvalue weighted by Gasteiger charge is 2.19. The number of esters is 1. The van der Waals surface area contributed by atoms with Crippen LogP contribution in [0.2, 0.25) is 0 Å². The smallest absolute Gasteiger partial charge is 0.337 e. The molecule has 0 fully saturated rings. The topological polar surface area (TPSA) is 49.7 Å². The van der Waals surface area contributed by atoms with Gasteiger partial charge in [-0.05, 0) is 18.2 Å². The maximum atomic E-state index is 11.9. The normalized spacial score (nSPS) is 11.5. The Balaban J connectivity index is 2.30. The van der Waals surface area contributed by atoms with Crippen LogP contribution in [-0.4, -0.2) is 45.1 Å². The third kappa shape index (κ3) is 2.77. The van der Waals surface area contributed by atoms with Gasteiger partial charge in [0, 0.05) is 30.5 Å². The van der Waals surface area contributed by atoms with E-state index in [1.165, 1.54) is 7.11 Å². The van der Waals surface area contributed by atoms with E-state index in [-0.39, 0.29) is 12.0 Å². The Kier molecular flexibility index (Phi) is 4.83. The molecule has 2 aromatic carbocycles. The SMILES string of the molecule is COCC(COC)n1c2ccccc2c2ccc(C(=O)OC)cc21. The van der Waals surface area contributed by atoms with Gasteiger partial charge in [-0.1, -0.05) is 24.3 Å². The number of methoxy groups -OCH3 is 3. The highest BCUT2D eigenvalue weighted by molar-refractivity contribution is 6.09. The third-order valence-corrected chi connectivity index (χ3v) is 4.22. The number of nitrogens with zero attached hydrogens (tertiary/aromatic N) is 1. The molecule has 1 aromatic heterocycles. The van der Waals surface area contributed by atoms with Crippen LogP contribution in [-0.2, 0) is 14.2 Å². The Bertz CT molecular complexity index is 862. The maximum Gasteiger partial charge on any atom is 0.337 e. The van der Waals surface area contributed by atoms with Gasteiger partial charge in [0.1, 0.15) is 0 Å². The van der Waals surface area contributed by atoms with Crippen LogP contribution in [0.25, 0.3) is 21.8 Å². The number of hydrogen-bond donors (Lipinski definition) is 0. The molecule has 3 aromatic rings. The van der Waals surface area contributed by atoms with Crippen molar-refractivity contribution in [1.29, 1.82) is 0 Å². The van der Waals surface area contributed by atoms with Gasteiger partial charge in [0.2, 0.25) is 0 Å². The van der Waals surface area contributed by atoms with Crippen LogP contribution in [0.15, 0.2) is 42.5 Å². The van der Waals surface area contributed by atoms with Gasteiger partial charge >= 0.3 is 5.97 Å². The minimum absolute atomic E-state index is 0.00953. The van der Waals surface area contributed by atoms with Crippen LogP contribution < -0.4 is 0 Å². The second kappa shape index (κ2) is 7.03. The molecule has 0 bridgehead atoms. The fourth-order valence-corrected chi connectivity index (χ4v) is 3.22. The van der Waals surface area contributed by atoms with Gasteiger partial charge in [-0.15, -0.1) is 0 Å². The van der Waals surface area contributed by atoms with Crippen LogP contribution in [0, 0.1) is 0 Å². The molecule has 126 valence electrons. The van der Waals surface area contributed by atoms with E-state index >= 15 is 0 Å². The third-order valence-electron chi connectivity index (χ3n) is 4.22. The highest BCUT2D eigenvalue weighted by atomic mass is 16.5. The van der Waals surface area contributed by atoms with Gasteiger partial charge in [-0.3, -0.25) is 0 Å². The minimum Gasteiger partial charge on any atom is -0.465 e. The van der Waals surface area contributed by atoms with Gasteiger partial charge in [0.15, 0.2) is 0 Å². The molecule has 1 heterocycles. The Morgan fingerprint density at radius 3 is 2.29 bits per heavy atom. The standard InChI is InChI=1S/C19H21NO4/c1-22-11-14(12-23-2)20-17-7-5-4-6-15(17)16-9-8-13(10-18(16)20)19(21)24-3/h4-10,14H,11-12H2,1-3H3. The lowest BCUT2D eigenvalue weighted by atomic mass is 10.1. The number of para-hydroxylation sites is 1. The van der Waals surface area contributed by atoms with Gasteiger partial charge in [-0.25, -0.2) is 4.79 Å². The van der Waals surface area contributed by atoms with Gasteiger partial charge in [0.25, 0.3) is 0 Å². The van der Waals surface area contributed by atoms with Gasteiger partial charge < -0.3 is 18.8 Å². The zero-order chi connectivity index (χ0) is 17.1. The Hall–Kier alpha value is -2.37. The van der Waals surface area contributed by atoms with Gasteiger partial charge in [0.05, 0.1) is 37.4 Å². The molecule has 0 saturated carbocycles.